The van der Waals surface area contributed by atoms with Gasteiger partial charge in [-0.25, -0.2) is 0 Å². The van der Waals surface area contributed by atoms with Crippen LogP contribution in [0.15, 0.2) is 43.1 Å². The Bertz CT molecular complexity index is 280. The first-order chi connectivity index (χ1) is 6.42. The zero-order chi connectivity index (χ0) is 9.10. The molecule has 69 valence electrons. The van der Waals surface area contributed by atoms with Crippen LogP contribution in [0.1, 0.15) is 21.2 Å². The van der Waals surface area contributed by atoms with Crippen LogP contribution in [0.5, 0.6) is 0 Å². The minimum Gasteiger partial charge on any atom is -1.00 e. The molecule has 0 fully saturated rings. The van der Waals surface area contributed by atoms with E-state index in [1.165, 1.54) is 17.0 Å². The van der Waals surface area contributed by atoms with E-state index in [1.54, 1.807) is 0 Å². The van der Waals surface area contributed by atoms with Gasteiger partial charge in [0.2, 0.25) is 0 Å². The minimum absolute atomic E-state index is 0. The first-order valence-corrected chi connectivity index (χ1v) is 11.1. The van der Waals surface area contributed by atoms with Crippen molar-refractivity contribution in [2.75, 3.05) is 0 Å². The normalized spacial score (nSPS) is 19.2. The molecule has 0 saturated heterocycles. The average molecular weight is 339 g/mol. The van der Waals surface area contributed by atoms with Crippen molar-refractivity contribution in [2.24, 2.45) is 0 Å². The van der Waals surface area contributed by atoms with Gasteiger partial charge in [-0.15, -0.1) is 0 Å². The summed E-state index contributed by atoms with van der Waals surface area (Å²) in [7, 11) is 0. The molecule has 0 unspecified atom stereocenters. The van der Waals surface area contributed by atoms with Gasteiger partial charge in [0.25, 0.3) is 0 Å². The van der Waals surface area contributed by atoms with Gasteiger partial charge in [-0.3, -0.25) is 0 Å². The summed E-state index contributed by atoms with van der Waals surface area (Å²) in [6.07, 6.45) is 16.4. The second-order valence-electron chi connectivity index (χ2n) is 3.48. The summed E-state index contributed by atoms with van der Waals surface area (Å²) < 4.78 is 5.07. The van der Waals surface area contributed by atoms with E-state index in [1.807, 2.05) is 6.66 Å². The second-order valence-corrected chi connectivity index (χ2v) is 14.1. The monoisotopic (exact) mass is 340 g/mol. The third-order valence-electron chi connectivity index (χ3n) is 2.67. The fourth-order valence-electron chi connectivity index (χ4n) is 2.00. The molecule has 0 bridgehead atoms. The maximum Gasteiger partial charge on any atom is -1.00 e. The Hall–Kier alpha value is -0.170. The van der Waals surface area contributed by atoms with Crippen LogP contribution in [-0.2, 0) is 21.4 Å². The fourth-order valence-corrected chi connectivity index (χ4v) is 11.5. The van der Waals surface area contributed by atoms with Crippen LogP contribution in [0.25, 0.3) is 0 Å². The second kappa shape index (κ2) is 4.36. The van der Waals surface area contributed by atoms with Crippen LogP contribution in [0.2, 0.25) is 4.18 Å². The number of hydrogen-bond acceptors (Lipinski definition) is 0. The Labute approximate surface area is 89.7 Å². The molecule has 1 heteroatoms. The van der Waals surface area contributed by atoms with Crippen LogP contribution in [0.3, 0.4) is 0 Å². The summed E-state index contributed by atoms with van der Waals surface area (Å²) in [4.78, 5) is 0. The molecular weight excluding hydrogens is 323 g/mol. The smallest absolute Gasteiger partial charge is 1.00 e. The average Bonchev–Trinajstić information content (AvgIpc) is 2.76. The molecule has 2 rings (SSSR count). The minimum atomic E-state index is -1.48. The molecule has 2 aliphatic rings. The van der Waals surface area contributed by atoms with E-state index in [9.17, 15) is 0 Å². The first kappa shape index (κ1) is 9.39. The summed E-state index contributed by atoms with van der Waals surface area (Å²) >= 11 is -1.48. The Morgan fingerprint density at radius 1 is 1.15 bits per heavy atom. The van der Waals surface area contributed by atoms with E-state index >= 15 is 0 Å². The Balaban J connectivity index is 0.000000980. The summed E-state index contributed by atoms with van der Waals surface area (Å²) in [6.45, 7) is 2.38. The van der Waals surface area contributed by atoms with Gasteiger partial charge in [0.1, 0.15) is 0 Å². The molecule has 0 radical (unpaired) electrons. The molecule has 0 spiro atoms. The maximum atomic E-state index is 2.38. The molecule has 0 aromatic heterocycles. The van der Waals surface area contributed by atoms with Crippen molar-refractivity contribution in [3.05, 3.63) is 43.1 Å². The SMILES string of the molecule is C[CH2][Hf]([C]1=CC=CC1)[C]1=CC=CC1.[H-]. The quantitative estimate of drug-likeness (QED) is 0.686. The van der Waals surface area contributed by atoms with Gasteiger partial charge < -0.3 is 1.43 Å². The topological polar surface area (TPSA) is 0 Å². The van der Waals surface area contributed by atoms with Crippen LogP contribution in [0.4, 0.5) is 0 Å². The first-order valence-electron chi connectivity index (χ1n) is 4.99. The molecule has 0 aromatic carbocycles. The van der Waals surface area contributed by atoms with Gasteiger partial charge in [0.15, 0.2) is 0 Å². The van der Waals surface area contributed by atoms with Crippen molar-refractivity contribution in [1.29, 1.82) is 0 Å². The van der Waals surface area contributed by atoms with Gasteiger partial charge in [-0.05, 0) is 0 Å². The maximum absolute atomic E-state index is 2.38. The fraction of sp³-hybridized carbons (Fsp3) is 0.333. The molecule has 0 atom stereocenters. The zero-order valence-electron chi connectivity index (χ0n) is 9.09. The van der Waals surface area contributed by atoms with E-state index in [0.29, 0.717) is 0 Å². The summed E-state index contributed by atoms with van der Waals surface area (Å²) in [6, 6.07) is 0. The van der Waals surface area contributed by atoms with Crippen LogP contribution in [-0.4, -0.2) is 0 Å². The summed E-state index contributed by atoms with van der Waals surface area (Å²) in [5.41, 5.74) is 0. The van der Waals surface area contributed by atoms with Gasteiger partial charge in [0, 0.05) is 0 Å². The standard InChI is InChI=1S/2C5H5.C2H5.Hf.H/c2*1-2-4-5-3-1;1-2;;/h2*1-3H,4H2;1H2,2H3;;/q;;;;-1. The third-order valence-corrected chi connectivity index (χ3v) is 13.4. The van der Waals surface area contributed by atoms with E-state index in [2.05, 4.69) is 43.4 Å². The molecule has 0 N–H and O–H groups in total. The van der Waals surface area contributed by atoms with Gasteiger partial charge in [0.05, 0.1) is 0 Å². The van der Waals surface area contributed by atoms with Gasteiger partial charge in [-0.2, -0.15) is 0 Å². The van der Waals surface area contributed by atoms with Crippen molar-refractivity contribution < 1.29 is 22.9 Å². The van der Waals surface area contributed by atoms with E-state index < -0.39 is 21.4 Å². The van der Waals surface area contributed by atoms with Gasteiger partial charge >= 0.3 is 88.5 Å². The molecule has 0 aromatic rings. The molecule has 13 heavy (non-hydrogen) atoms. The third kappa shape index (κ3) is 2.01. The van der Waals surface area contributed by atoms with E-state index in [0.717, 1.165) is 0 Å². The predicted octanol–water partition coefficient (Wildman–Crippen LogP) is 3.84. The summed E-state index contributed by atoms with van der Waals surface area (Å²) in [5.74, 6) is 0. The Morgan fingerprint density at radius 2 is 1.69 bits per heavy atom. The molecule has 0 aliphatic heterocycles. The molecule has 0 saturated carbocycles. The van der Waals surface area contributed by atoms with E-state index in [4.69, 9.17) is 0 Å². The molecule has 0 nitrogen and oxygen atoms in total. The van der Waals surface area contributed by atoms with Crippen molar-refractivity contribution >= 4 is 0 Å². The summed E-state index contributed by atoms with van der Waals surface area (Å²) in [5, 5.41) is 0. The molecule has 2 aliphatic carbocycles. The Kier molecular flexibility index (Phi) is 3.15. The molecular formula is C12H16Hf-. The number of hydrogen-bond donors (Lipinski definition) is 0. The van der Waals surface area contributed by atoms with Crippen molar-refractivity contribution in [1.82, 2.24) is 0 Å². The predicted molar refractivity (Wildman–Crippen MR) is 55.3 cm³/mol. The molecule has 0 heterocycles. The zero-order valence-corrected chi connectivity index (χ0v) is 11.7. The van der Waals surface area contributed by atoms with Crippen LogP contribution >= 0.6 is 0 Å². The van der Waals surface area contributed by atoms with Crippen LogP contribution in [0, 0.1) is 0 Å². The van der Waals surface area contributed by atoms with Gasteiger partial charge in [-0.1, -0.05) is 0 Å². The van der Waals surface area contributed by atoms with Crippen LogP contribution < -0.4 is 0 Å². The largest absolute Gasteiger partial charge is 1.00 e. The van der Waals surface area contributed by atoms with Crippen molar-refractivity contribution in [3.63, 3.8) is 0 Å². The number of allylic oxidation sites excluding steroid dienone is 8. The van der Waals surface area contributed by atoms with Crippen molar-refractivity contribution in [2.45, 2.75) is 23.9 Å². The van der Waals surface area contributed by atoms with Crippen molar-refractivity contribution in [3.8, 4) is 0 Å². The van der Waals surface area contributed by atoms with E-state index in [-0.39, 0.29) is 1.43 Å². The number of rotatable bonds is 3. The molecule has 0 amide bonds. The Morgan fingerprint density at radius 3 is 2.00 bits per heavy atom.